The lowest BCUT2D eigenvalue weighted by molar-refractivity contribution is 0.659. The molecule has 3 aromatic carbocycles. The predicted octanol–water partition coefficient (Wildman–Crippen LogP) is 6.95. The van der Waals surface area contributed by atoms with Crippen LogP contribution in [0.4, 0.5) is 0 Å². The van der Waals surface area contributed by atoms with Crippen molar-refractivity contribution in [1.82, 2.24) is 4.98 Å². The molecule has 5 aromatic rings. The zero-order valence-electron chi connectivity index (χ0n) is 15.9. The Hall–Kier alpha value is -3.39. The molecule has 6 rings (SSSR count). The maximum Gasteiger partial charge on any atom is 0.144 e. The van der Waals surface area contributed by atoms with Gasteiger partial charge in [0.15, 0.2) is 0 Å². The number of benzene rings is 3. The van der Waals surface area contributed by atoms with Crippen molar-refractivity contribution in [2.45, 2.75) is 19.3 Å². The molecule has 0 saturated heterocycles. The smallest absolute Gasteiger partial charge is 0.144 e. The fourth-order valence-corrected chi connectivity index (χ4v) is 4.65. The lowest BCUT2D eigenvalue weighted by atomic mass is 9.83. The number of rotatable bonds is 1. The summed E-state index contributed by atoms with van der Waals surface area (Å²) >= 11 is 0. The molecule has 1 aliphatic carbocycles. The summed E-state index contributed by atoms with van der Waals surface area (Å²) < 4.78 is 6.23. The molecule has 0 fully saturated rings. The Balaban J connectivity index is 1.63. The van der Waals surface area contributed by atoms with Gasteiger partial charge in [0.25, 0.3) is 0 Å². The van der Waals surface area contributed by atoms with Gasteiger partial charge in [0.2, 0.25) is 0 Å². The molecule has 2 nitrogen and oxygen atoms in total. The highest BCUT2D eigenvalue weighted by Crippen LogP contribution is 2.48. The second-order valence-corrected chi connectivity index (χ2v) is 8.04. The Labute approximate surface area is 163 Å². The van der Waals surface area contributed by atoms with Gasteiger partial charge in [-0.3, -0.25) is 0 Å². The Morgan fingerprint density at radius 2 is 1.43 bits per heavy atom. The number of hydrogen-bond acceptors (Lipinski definition) is 2. The number of hydrogen-bond donors (Lipinski definition) is 0. The van der Waals surface area contributed by atoms with Gasteiger partial charge in [-0.05, 0) is 29.3 Å². The summed E-state index contributed by atoms with van der Waals surface area (Å²) in [4.78, 5) is 5.12. The standard InChI is InChI=1S/C26H19NO/c1-26(2)20-12-5-3-9-18(20)24-21(26)14-15-22(27-24)19-11-7-10-17-16-8-4-6-13-23(16)28-25(17)19/h3-15H,1-2H3. The van der Waals surface area contributed by atoms with Crippen LogP contribution in [0.3, 0.4) is 0 Å². The summed E-state index contributed by atoms with van der Waals surface area (Å²) in [5.41, 5.74) is 8.75. The van der Waals surface area contributed by atoms with Crippen molar-refractivity contribution in [2.24, 2.45) is 0 Å². The molecular formula is C26H19NO. The normalized spacial score (nSPS) is 14.4. The Morgan fingerprint density at radius 1 is 0.679 bits per heavy atom. The monoisotopic (exact) mass is 361 g/mol. The van der Waals surface area contributed by atoms with Gasteiger partial charge in [-0.25, -0.2) is 4.98 Å². The third-order valence-electron chi connectivity index (χ3n) is 6.10. The maximum absolute atomic E-state index is 6.23. The minimum absolute atomic E-state index is 0.0250. The van der Waals surface area contributed by atoms with Crippen LogP contribution in [0.5, 0.6) is 0 Å². The second kappa shape index (κ2) is 5.32. The van der Waals surface area contributed by atoms with Crippen molar-refractivity contribution in [3.63, 3.8) is 0 Å². The number of aromatic nitrogens is 1. The van der Waals surface area contributed by atoms with Gasteiger partial charge in [-0.1, -0.05) is 74.5 Å². The highest BCUT2D eigenvalue weighted by Gasteiger charge is 2.36. The largest absolute Gasteiger partial charge is 0.455 e. The molecule has 0 bridgehead atoms. The maximum atomic E-state index is 6.23. The van der Waals surface area contributed by atoms with E-state index in [1.807, 2.05) is 12.1 Å². The minimum Gasteiger partial charge on any atom is -0.455 e. The molecular weight excluding hydrogens is 342 g/mol. The lowest BCUT2D eigenvalue weighted by Gasteiger charge is -2.20. The van der Waals surface area contributed by atoms with E-state index in [1.165, 1.54) is 16.7 Å². The van der Waals surface area contributed by atoms with E-state index in [1.54, 1.807) is 0 Å². The van der Waals surface area contributed by atoms with Gasteiger partial charge in [-0.2, -0.15) is 0 Å². The summed E-state index contributed by atoms with van der Waals surface area (Å²) in [6.45, 7) is 4.55. The molecule has 0 aliphatic heterocycles. The number of para-hydroxylation sites is 2. The highest BCUT2D eigenvalue weighted by atomic mass is 16.3. The molecule has 0 radical (unpaired) electrons. The quantitative estimate of drug-likeness (QED) is 0.323. The van der Waals surface area contributed by atoms with Crippen LogP contribution in [0, 0.1) is 0 Å². The highest BCUT2D eigenvalue weighted by molar-refractivity contribution is 6.09. The zero-order valence-corrected chi connectivity index (χ0v) is 15.9. The van der Waals surface area contributed by atoms with Crippen molar-refractivity contribution in [2.75, 3.05) is 0 Å². The second-order valence-electron chi connectivity index (χ2n) is 8.04. The van der Waals surface area contributed by atoms with Crippen LogP contribution in [-0.4, -0.2) is 4.98 Å². The van der Waals surface area contributed by atoms with Crippen LogP contribution in [0.25, 0.3) is 44.5 Å². The minimum atomic E-state index is -0.0250. The first-order valence-electron chi connectivity index (χ1n) is 9.66. The molecule has 0 atom stereocenters. The molecule has 0 saturated carbocycles. The third kappa shape index (κ3) is 1.95. The van der Waals surface area contributed by atoms with Crippen molar-refractivity contribution in [3.8, 4) is 22.5 Å². The van der Waals surface area contributed by atoms with E-state index in [2.05, 4.69) is 80.6 Å². The predicted molar refractivity (Wildman–Crippen MR) is 115 cm³/mol. The van der Waals surface area contributed by atoms with E-state index in [9.17, 15) is 0 Å². The molecule has 134 valence electrons. The van der Waals surface area contributed by atoms with Crippen molar-refractivity contribution >= 4 is 21.9 Å². The van der Waals surface area contributed by atoms with E-state index in [4.69, 9.17) is 9.40 Å². The van der Waals surface area contributed by atoms with E-state index >= 15 is 0 Å². The topological polar surface area (TPSA) is 26.0 Å². The molecule has 28 heavy (non-hydrogen) atoms. The van der Waals surface area contributed by atoms with Crippen LogP contribution >= 0.6 is 0 Å². The van der Waals surface area contributed by atoms with E-state index in [-0.39, 0.29) is 5.41 Å². The van der Waals surface area contributed by atoms with Crippen molar-refractivity contribution < 1.29 is 4.42 Å². The summed E-state index contributed by atoms with van der Waals surface area (Å²) in [7, 11) is 0. The fraction of sp³-hybridized carbons (Fsp3) is 0.115. The molecule has 1 aliphatic rings. The van der Waals surface area contributed by atoms with Crippen LogP contribution in [-0.2, 0) is 5.41 Å². The molecule has 0 amide bonds. The molecule has 2 heterocycles. The molecule has 0 spiro atoms. The zero-order chi connectivity index (χ0) is 18.9. The number of fused-ring (bicyclic) bond motifs is 6. The first-order chi connectivity index (χ1) is 13.6. The van der Waals surface area contributed by atoms with Crippen LogP contribution in [0.1, 0.15) is 25.0 Å². The van der Waals surface area contributed by atoms with Gasteiger partial charge in [-0.15, -0.1) is 0 Å². The Kier molecular flexibility index (Phi) is 2.98. The SMILES string of the molecule is CC1(C)c2ccccc2-c2nc(-c3cccc4c3oc3ccccc34)ccc21. The van der Waals surface area contributed by atoms with Gasteiger partial charge in [0.05, 0.1) is 11.4 Å². The van der Waals surface area contributed by atoms with Gasteiger partial charge in [0.1, 0.15) is 11.2 Å². The summed E-state index contributed by atoms with van der Waals surface area (Å²) in [5.74, 6) is 0. The Morgan fingerprint density at radius 3 is 2.36 bits per heavy atom. The molecule has 2 aromatic heterocycles. The van der Waals surface area contributed by atoms with Crippen LogP contribution in [0.15, 0.2) is 83.3 Å². The first-order valence-corrected chi connectivity index (χ1v) is 9.66. The van der Waals surface area contributed by atoms with E-state index < -0.39 is 0 Å². The fourth-order valence-electron chi connectivity index (χ4n) is 4.65. The Bertz CT molecular complexity index is 1390. The lowest BCUT2D eigenvalue weighted by Crippen LogP contribution is -2.14. The van der Waals surface area contributed by atoms with Gasteiger partial charge >= 0.3 is 0 Å². The first kappa shape index (κ1) is 15.6. The van der Waals surface area contributed by atoms with Gasteiger partial charge < -0.3 is 4.42 Å². The molecule has 0 N–H and O–H groups in total. The summed E-state index contributed by atoms with van der Waals surface area (Å²) in [6.07, 6.45) is 0. The molecule has 0 unspecified atom stereocenters. The molecule has 2 heteroatoms. The van der Waals surface area contributed by atoms with E-state index in [0.717, 1.165) is 38.9 Å². The van der Waals surface area contributed by atoms with Crippen molar-refractivity contribution in [3.05, 3.63) is 90.0 Å². The summed E-state index contributed by atoms with van der Waals surface area (Å²) in [6, 6.07) is 27.5. The van der Waals surface area contributed by atoms with Gasteiger partial charge in [0, 0.05) is 27.3 Å². The van der Waals surface area contributed by atoms with Crippen LogP contribution < -0.4 is 0 Å². The van der Waals surface area contributed by atoms with Crippen molar-refractivity contribution in [1.29, 1.82) is 0 Å². The number of furan rings is 1. The third-order valence-corrected chi connectivity index (χ3v) is 6.10. The number of pyridine rings is 1. The van der Waals surface area contributed by atoms with E-state index in [0.29, 0.717) is 0 Å². The average Bonchev–Trinajstić information content (AvgIpc) is 3.22. The summed E-state index contributed by atoms with van der Waals surface area (Å²) in [5, 5.41) is 2.28. The number of nitrogens with zero attached hydrogens (tertiary/aromatic N) is 1. The average molecular weight is 361 g/mol. The van der Waals surface area contributed by atoms with Crippen LogP contribution in [0.2, 0.25) is 0 Å².